The number of aliphatic hydroxyl groups is 1. The van der Waals surface area contributed by atoms with E-state index in [1.54, 1.807) is 0 Å². The van der Waals surface area contributed by atoms with Crippen LogP contribution in [0.5, 0.6) is 0 Å². The van der Waals surface area contributed by atoms with Crippen molar-refractivity contribution in [3.8, 4) is 0 Å². The van der Waals surface area contributed by atoms with Gasteiger partial charge in [-0.05, 0) is 12.8 Å². The van der Waals surface area contributed by atoms with Crippen LogP contribution in [-0.4, -0.2) is 41.1 Å². The number of alkyl halides is 9. The molecule has 0 unspecified atom stereocenters. The molecule has 0 saturated heterocycles. The van der Waals surface area contributed by atoms with Crippen LogP contribution in [0.1, 0.15) is 12.8 Å². The lowest BCUT2D eigenvalue weighted by Crippen LogP contribution is -2.54. The number of hydrogen-bond donors (Lipinski definition) is 1. The predicted molar refractivity (Wildman–Crippen MR) is 39.9 cm³/mol. The normalized spacial score (nSPS) is 30.3. The van der Waals surface area contributed by atoms with Crippen molar-refractivity contribution in [3.05, 3.63) is 0 Å². The molecule has 0 amide bonds. The molecule has 1 nitrogen and oxygen atoms in total. The Balaban J connectivity index is 3.43. The first kappa shape index (κ1) is 15.4. The molecule has 1 aliphatic rings. The van der Waals surface area contributed by atoms with Gasteiger partial charge in [-0.3, -0.25) is 0 Å². The lowest BCUT2D eigenvalue weighted by molar-refractivity contribution is -0.303. The molecule has 0 bridgehead atoms. The van der Waals surface area contributed by atoms with E-state index in [-0.39, 0.29) is 0 Å². The quantitative estimate of drug-likeness (QED) is 0.792. The van der Waals surface area contributed by atoms with Crippen LogP contribution in [0.15, 0.2) is 0 Å². The Bertz CT molecular complexity index is 311. The molecule has 0 spiro atoms. The highest BCUT2D eigenvalue weighted by Gasteiger charge is 2.99. The fraction of sp³-hybridized carbons (Fsp3) is 1.00. The molecule has 18 heavy (non-hydrogen) atoms. The van der Waals surface area contributed by atoms with Crippen LogP contribution in [0.4, 0.5) is 39.5 Å². The summed E-state index contributed by atoms with van der Waals surface area (Å²) < 4.78 is 116. The number of halogens is 9. The topological polar surface area (TPSA) is 20.2 Å². The third-order valence-electron chi connectivity index (χ3n) is 2.86. The second-order valence-corrected chi connectivity index (χ2v) is 3.93. The predicted octanol–water partition coefficient (Wildman–Crippen LogP) is 3.02. The van der Waals surface area contributed by atoms with Crippen molar-refractivity contribution in [1.82, 2.24) is 0 Å². The van der Waals surface area contributed by atoms with Gasteiger partial charge in [0.2, 0.25) is 5.67 Å². The summed E-state index contributed by atoms with van der Waals surface area (Å²) in [4.78, 5) is 0. The molecule has 1 aliphatic carbocycles. The summed E-state index contributed by atoms with van der Waals surface area (Å²) >= 11 is 0. The highest BCUT2D eigenvalue weighted by molar-refractivity contribution is 5.26. The first-order valence-electron chi connectivity index (χ1n) is 4.62. The largest absolute Gasteiger partial charge is 0.396 e. The zero-order valence-electron chi connectivity index (χ0n) is 8.47. The van der Waals surface area contributed by atoms with Gasteiger partial charge < -0.3 is 5.11 Å². The van der Waals surface area contributed by atoms with Crippen molar-refractivity contribution in [3.63, 3.8) is 0 Å². The van der Waals surface area contributed by atoms with Crippen LogP contribution in [0.25, 0.3) is 0 Å². The van der Waals surface area contributed by atoms with Gasteiger partial charge in [-0.2, -0.15) is 35.1 Å². The first-order chi connectivity index (χ1) is 7.81. The summed E-state index contributed by atoms with van der Waals surface area (Å²) in [6.45, 7) is -1.09. The van der Waals surface area contributed by atoms with E-state index in [0.717, 1.165) is 0 Å². The monoisotopic (exact) mass is 290 g/mol. The third-order valence-corrected chi connectivity index (χ3v) is 2.86. The minimum atomic E-state index is -6.52. The Labute approximate surface area is 94.6 Å². The van der Waals surface area contributed by atoms with Crippen LogP contribution < -0.4 is 0 Å². The Morgan fingerprint density at radius 2 is 0.944 bits per heavy atom. The van der Waals surface area contributed by atoms with E-state index in [9.17, 15) is 39.5 Å². The van der Waals surface area contributed by atoms with Crippen molar-refractivity contribution >= 4 is 0 Å². The average Bonchev–Trinajstić information content (AvgIpc) is 2.27. The second kappa shape index (κ2) is 3.67. The first-order valence-corrected chi connectivity index (χ1v) is 4.62. The van der Waals surface area contributed by atoms with Crippen molar-refractivity contribution in [2.75, 3.05) is 6.61 Å². The molecule has 0 aromatic heterocycles. The summed E-state index contributed by atoms with van der Waals surface area (Å²) in [5.74, 6) is -25.5. The summed E-state index contributed by atoms with van der Waals surface area (Å²) in [7, 11) is 0. The maximum Gasteiger partial charge on any atom is 0.381 e. The molecule has 0 radical (unpaired) electrons. The summed E-state index contributed by atoms with van der Waals surface area (Å²) in [5.41, 5.74) is -5.42. The highest BCUT2D eigenvalue weighted by Crippen LogP contribution is 2.70. The molecule has 0 aromatic rings. The van der Waals surface area contributed by atoms with Gasteiger partial charge in [0, 0.05) is 6.61 Å². The Hall–Kier alpha value is -0.670. The molecule has 0 aromatic carbocycles. The highest BCUT2D eigenvalue weighted by atomic mass is 19.4. The van der Waals surface area contributed by atoms with E-state index in [0.29, 0.717) is 0 Å². The van der Waals surface area contributed by atoms with Crippen molar-refractivity contribution < 1.29 is 44.6 Å². The van der Waals surface area contributed by atoms with Gasteiger partial charge >= 0.3 is 23.7 Å². The van der Waals surface area contributed by atoms with E-state index < -0.39 is 48.8 Å². The molecule has 1 fully saturated rings. The Kier molecular flexibility index (Phi) is 3.14. The summed E-state index contributed by atoms with van der Waals surface area (Å²) in [5, 5.41) is 8.21. The van der Waals surface area contributed by atoms with Gasteiger partial charge in [-0.1, -0.05) is 0 Å². The zero-order valence-corrected chi connectivity index (χ0v) is 8.47. The van der Waals surface area contributed by atoms with Gasteiger partial charge in [0.1, 0.15) is 0 Å². The lowest BCUT2D eigenvalue weighted by atomic mass is 9.91. The summed E-state index contributed by atoms with van der Waals surface area (Å²) in [6.07, 6.45) is -3.11. The van der Waals surface area contributed by atoms with Crippen molar-refractivity contribution in [2.24, 2.45) is 0 Å². The molecule has 10 heteroatoms. The molecule has 1 rings (SSSR count). The molecule has 0 atom stereocenters. The van der Waals surface area contributed by atoms with Gasteiger partial charge in [0.25, 0.3) is 0 Å². The van der Waals surface area contributed by atoms with E-state index in [1.807, 2.05) is 0 Å². The number of hydrogen-bond acceptors (Lipinski definition) is 1. The van der Waals surface area contributed by atoms with Crippen LogP contribution in [0.3, 0.4) is 0 Å². The van der Waals surface area contributed by atoms with Crippen molar-refractivity contribution in [2.45, 2.75) is 42.2 Å². The minimum absolute atomic E-state index is 1.09. The van der Waals surface area contributed by atoms with Crippen LogP contribution >= 0.6 is 0 Å². The number of aliphatic hydroxyl groups excluding tert-OH is 1. The molecule has 0 aliphatic heterocycles. The Morgan fingerprint density at radius 1 is 0.611 bits per heavy atom. The van der Waals surface area contributed by atoms with Crippen molar-refractivity contribution in [1.29, 1.82) is 0 Å². The summed E-state index contributed by atoms with van der Waals surface area (Å²) in [6, 6.07) is 0. The fourth-order valence-corrected chi connectivity index (χ4v) is 1.73. The van der Waals surface area contributed by atoms with Gasteiger partial charge in [0.15, 0.2) is 0 Å². The minimum Gasteiger partial charge on any atom is -0.396 e. The second-order valence-electron chi connectivity index (χ2n) is 3.93. The molecular formula is C8H7F9O. The van der Waals surface area contributed by atoms with E-state index in [1.165, 1.54) is 0 Å². The maximum atomic E-state index is 13.5. The fourth-order valence-electron chi connectivity index (χ4n) is 1.73. The zero-order chi connectivity index (χ0) is 14.6. The van der Waals surface area contributed by atoms with E-state index in [4.69, 9.17) is 5.11 Å². The maximum absolute atomic E-state index is 13.5. The smallest absolute Gasteiger partial charge is 0.381 e. The SMILES string of the molecule is OCCCC1(F)C(F)(F)C(F)(F)C(F)(F)C1(F)F. The molecular weight excluding hydrogens is 283 g/mol. The van der Waals surface area contributed by atoms with E-state index in [2.05, 4.69) is 0 Å². The average molecular weight is 290 g/mol. The van der Waals surface area contributed by atoms with Gasteiger partial charge in [-0.25, -0.2) is 4.39 Å². The Morgan fingerprint density at radius 3 is 1.22 bits per heavy atom. The molecule has 1 N–H and O–H groups in total. The van der Waals surface area contributed by atoms with E-state index >= 15 is 0 Å². The molecule has 108 valence electrons. The third kappa shape index (κ3) is 1.29. The van der Waals surface area contributed by atoms with Gasteiger partial charge in [-0.15, -0.1) is 0 Å². The molecule has 1 saturated carbocycles. The van der Waals surface area contributed by atoms with Crippen LogP contribution in [0.2, 0.25) is 0 Å². The van der Waals surface area contributed by atoms with Crippen LogP contribution in [0, 0.1) is 0 Å². The molecule has 0 heterocycles. The van der Waals surface area contributed by atoms with Gasteiger partial charge in [0.05, 0.1) is 0 Å². The lowest BCUT2D eigenvalue weighted by Gasteiger charge is -2.30. The standard InChI is InChI=1S/C8H7F9O/c9-4(2-1-3-18)5(10,11)7(14,15)8(16,17)6(4,12)13/h18H,1-3H2. The number of rotatable bonds is 3. The van der Waals surface area contributed by atoms with Crippen LogP contribution in [-0.2, 0) is 0 Å².